The summed E-state index contributed by atoms with van der Waals surface area (Å²) in [6, 6.07) is 30.9. The van der Waals surface area contributed by atoms with Crippen LogP contribution in [0.25, 0.3) is 0 Å². The molecular formula is C23H20O2S. The first-order valence-corrected chi connectivity index (χ1v) is 9.35. The molecule has 0 bridgehead atoms. The summed E-state index contributed by atoms with van der Waals surface area (Å²) in [7, 11) is 0. The zero-order valence-electron chi connectivity index (χ0n) is 14.4. The average Bonchev–Trinajstić information content (AvgIpc) is 2.73. The Morgan fingerprint density at radius 2 is 1.19 bits per heavy atom. The Morgan fingerprint density at radius 1 is 0.808 bits per heavy atom. The normalized spacial score (nSPS) is 10.9. The Bertz CT molecular complexity index is 748. The van der Waals surface area contributed by atoms with Crippen LogP contribution in [0.1, 0.15) is 16.7 Å². The molecule has 0 saturated carbocycles. The van der Waals surface area contributed by atoms with Gasteiger partial charge in [-0.05, 0) is 16.7 Å². The van der Waals surface area contributed by atoms with E-state index in [1.54, 1.807) is 11.8 Å². The number of benzene rings is 3. The zero-order chi connectivity index (χ0) is 18.2. The summed E-state index contributed by atoms with van der Waals surface area (Å²) < 4.78 is 4.84. The lowest BCUT2D eigenvalue weighted by Gasteiger charge is -2.35. The van der Waals surface area contributed by atoms with Crippen LogP contribution in [0.3, 0.4) is 0 Å². The Kier molecular flexibility index (Phi) is 5.92. The van der Waals surface area contributed by atoms with Crippen LogP contribution in [0.2, 0.25) is 0 Å². The highest BCUT2D eigenvalue weighted by molar-refractivity contribution is 8.00. The Hall–Kier alpha value is -2.78. The molecule has 2 nitrogen and oxygen atoms in total. The lowest BCUT2D eigenvalue weighted by molar-refractivity contribution is -0.135. The van der Waals surface area contributed by atoms with Crippen LogP contribution in [0.15, 0.2) is 104 Å². The topological polar surface area (TPSA) is 26.3 Å². The van der Waals surface area contributed by atoms with Gasteiger partial charge < -0.3 is 4.74 Å². The lowest BCUT2D eigenvalue weighted by atomic mass is 9.84. The maximum absolute atomic E-state index is 11.6. The predicted molar refractivity (Wildman–Crippen MR) is 108 cm³/mol. The van der Waals surface area contributed by atoms with Crippen LogP contribution in [-0.4, -0.2) is 11.9 Å². The van der Waals surface area contributed by atoms with Crippen LogP contribution < -0.4 is 0 Å². The van der Waals surface area contributed by atoms with E-state index < -0.39 is 10.7 Å². The maximum atomic E-state index is 11.6. The highest BCUT2D eigenvalue weighted by atomic mass is 32.2. The molecule has 3 aromatic carbocycles. The van der Waals surface area contributed by atoms with Gasteiger partial charge in [0.15, 0.2) is 0 Å². The summed E-state index contributed by atoms with van der Waals surface area (Å²) in [5.41, 5.74) is 3.41. The third-order valence-corrected chi connectivity index (χ3v) is 5.56. The van der Waals surface area contributed by atoms with Gasteiger partial charge in [0.1, 0.15) is 5.94 Å². The molecule has 0 spiro atoms. The fraction of sp³-hybridized carbons (Fsp3) is 0.0870. The van der Waals surface area contributed by atoms with Gasteiger partial charge in [0.25, 0.3) is 0 Å². The van der Waals surface area contributed by atoms with Crippen molar-refractivity contribution >= 4 is 17.7 Å². The van der Waals surface area contributed by atoms with Crippen molar-refractivity contribution in [1.82, 2.24) is 0 Å². The van der Waals surface area contributed by atoms with Gasteiger partial charge in [-0.2, -0.15) is 0 Å². The Balaban J connectivity index is 2.14. The molecule has 26 heavy (non-hydrogen) atoms. The van der Waals surface area contributed by atoms with Gasteiger partial charge in [-0.1, -0.05) is 109 Å². The van der Waals surface area contributed by atoms with Crippen molar-refractivity contribution in [3.63, 3.8) is 0 Å². The number of rotatable bonds is 7. The van der Waals surface area contributed by atoms with E-state index in [-0.39, 0.29) is 5.94 Å². The minimum Gasteiger partial charge on any atom is -0.451 e. The Labute approximate surface area is 158 Å². The number of hydrogen-bond donors (Lipinski definition) is 0. The summed E-state index contributed by atoms with van der Waals surface area (Å²) in [4.78, 5) is 11.6. The number of carbonyl (C=O) groups is 1. The summed E-state index contributed by atoms with van der Waals surface area (Å²) in [6.45, 7) is 3.47. The van der Waals surface area contributed by atoms with Crippen LogP contribution in [0.5, 0.6) is 0 Å². The van der Waals surface area contributed by atoms with Gasteiger partial charge in [-0.3, -0.25) is 0 Å². The quantitative estimate of drug-likeness (QED) is 0.244. The first kappa shape index (κ1) is 18.0. The molecule has 0 unspecified atom stereocenters. The minimum atomic E-state index is -0.481. The molecule has 130 valence electrons. The first-order valence-electron chi connectivity index (χ1n) is 8.37. The van der Waals surface area contributed by atoms with Gasteiger partial charge in [0.05, 0.1) is 4.75 Å². The average molecular weight is 360 g/mol. The summed E-state index contributed by atoms with van der Waals surface area (Å²) in [6.07, 6.45) is 1.19. The highest BCUT2D eigenvalue weighted by Crippen LogP contribution is 2.48. The van der Waals surface area contributed by atoms with Crippen molar-refractivity contribution in [2.24, 2.45) is 0 Å². The maximum Gasteiger partial charge on any atom is 0.330 e. The highest BCUT2D eigenvalue weighted by Gasteiger charge is 2.37. The summed E-state index contributed by atoms with van der Waals surface area (Å²) in [5, 5.41) is 0. The number of thioether (sulfide) groups is 1. The van der Waals surface area contributed by atoms with Gasteiger partial charge in [0, 0.05) is 6.08 Å². The largest absolute Gasteiger partial charge is 0.451 e. The third kappa shape index (κ3) is 3.73. The van der Waals surface area contributed by atoms with Gasteiger partial charge in [-0.25, -0.2) is 4.79 Å². The molecule has 0 aliphatic carbocycles. The molecule has 0 N–H and O–H groups in total. The van der Waals surface area contributed by atoms with E-state index >= 15 is 0 Å². The van der Waals surface area contributed by atoms with E-state index in [2.05, 4.69) is 43.0 Å². The van der Waals surface area contributed by atoms with E-state index in [1.807, 2.05) is 54.6 Å². The molecule has 0 saturated heterocycles. The summed E-state index contributed by atoms with van der Waals surface area (Å²) >= 11 is 1.58. The van der Waals surface area contributed by atoms with Crippen LogP contribution in [0, 0.1) is 0 Å². The van der Waals surface area contributed by atoms with Crippen molar-refractivity contribution in [1.29, 1.82) is 0 Å². The molecule has 0 aliphatic heterocycles. The lowest BCUT2D eigenvalue weighted by Crippen LogP contribution is -2.26. The van der Waals surface area contributed by atoms with Crippen LogP contribution in [0.4, 0.5) is 0 Å². The van der Waals surface area contributed by atoms with Gasteiger partial charge in [-0.15, -0.1) is 0 Å². The fourth-order valence-electron chi connectivity index (χ4n) is 3.00. The Morgan fingerprint density at radius 3 is 1.54 bits per heavy atom. The fourth-order valence-corrected chi connectivity index (χ4v) is 4.26. The first-order chi connectivity index (χ1) is 12.8. The molecule has 0 aromatic heterocycles. The van der Waals surface area contributed by atoms with Crippen molar-refractivity contribution in [3.8, 4) is 0 Å². The number of esters is 1. The zero-order valence-corrected chi connectivity index (χ0v) is 15.2. The molecule has 0 fully saturated rings. The van der Waals surface area contributed by atoms with Crippen LogP contribution in [-0.2, 0) is 14.3 Å². The van der Waals surface area contributed by atoms with Gasteiger partial charge in [0.2, 0.25) is 0 Å². The second-order valence-electron chi connectivity index (χ2n) is 5.71. The number of ether oxygens (including phenoxy) is 1. The van der Waals surface area contributed by atoms with Crippen LogP contribution >= 0.6 is 11.8 Å². The molecule has 0 radical (unpaired) electrons. The van der Waals surface area contributed by atoms with E-state index in [9.17, 15) is 4.79 Å². The smallest absolute Gasteiger partial charge is 0.330 e. The molecule has 3 heteroatoms. The minimum absolute atomic E-state index is 0.226. The van der Waals surface area contributed by atoms with Crippen molar-refractivity contribution in [2.45, 2.75) is 4.75 Å². The van der Waals surface area contributed by atoms with E-state index in [0.717, 1.165) is 16.7 Å². The van der Waals surface area contributed by atoms with Crippen molar-refractivity contribution in [3.05, 3.63) is 120 Å². The number of hydrogen-bond acceptors (Lipinski definition) is 3. The van der Waals surface area contributed by atoms with Crippen molar-refractivity contribution in [2.75, 3.05) is 5.94 Å². The van der Waals surface area contributed by atoms with E-state index in [0.29, 0.717) is 0 Å². The second kappa shape index (κ2) is 8.54. The molecule has 0 amide bonds. The monoisotopic (exact) mass is 360 g/mol. The standard InChI is InChI=1S/C23H20O2S/c1-2-22(24)25-18-26-23(19-12-6-3-7-13-19,20-14-8-4-9-15-20)21-16-10-5-11-17-21/h2-17H,1,18H2. The van der Waals surface area contributed by atoms with E-state index in [1.165, 1.54) is 6.08 Å². The molecule has 0 atom stereocenters. The third-order valence-electron chi connectivity index (χ3n) is 4.18. The van der Waals surface area contributed by atoms with Crippen molar-refractivity contribution < 1.29 is 9.53 Å². The second-order valence-corrected chi connectivity index (χ2v) is 6.85. The van der Waals surface area contributed by atoms with E-state index in [4.69, 9.17) is 4.74 Å². The molecule has 3 rings (SSSR count). The number of carbonyl (C=O) groups excluding carboxylic acids is 1. The SMILES string of the molecule is C=CC(=O)OCSC(c1ccccc1)(c1ccccc1)c1ccccc1. The summed E-state index contributed by atoms with van der Waals surface area (Å²) in [5.74, 6) is -0.190. The molecule has 0 heterocycles. The molecule has 3 aromatic rings. The molecule has 0 aliphatic rings. The molecular weight excluding hydrogens is 340 g/mol. The van der Waals surface area contributed by atoms with Gasteiger partial charge >= 0.3 is 5.97 Å². The predicted octanol–water partition coefficient (Wildman–Crippen LogP) is 5.40.